The predicted octanol–water partition coefficient (Wildman–Crippen LogP) is 2.02. The first-order valence-corrected chi connectivity index (χ1v) is 8.66. The van der Waals surface area contributed by atoms with E-state index >= 15 is 0 Å². The van der Waals surface area contributed by atoms with Crippen LogP contribution >= 0.6 is 0 Å². The van der Waals surface area contributed by atoms with Gasteiger partial charge >= 0.3 is 0 Å². The van der Waals surface area contributed by atoms with Crippen molar-refractivity contribution in [3.63, 3.8) is 0 Å². The minimum atomic E-state index is -0.100. The fraction of sp³-hybridized carbons (Fsp3) is 0.389. The lowest BCUT2D eigenvalue weighted by Crippen LogP contribution is -2.54. The summed E-state index contributed by atoms with van der Waals surface area (Å²) in [5.74, 6) is 1.23. The van der Waals surface area contributed by atoms with Gasteiger partial charge in [-0.2, -0.15) is 4.98 Å². The molecule has 26 heavy (non-hydrogen) atoms. The van der Waals surface area contributed by atoms with Crippen molar-refractivity contribution in [1.82, 2.24) is 19.9 Å². The largest absolute Gasteiger partial charge is 0.339 e. The molecule has 1 aromatic heterocycles. The minimum absolute atomic E-state index is 0.0492. The number of amidine groups is 2. The van der Waals surface area contributed by atoms with Crippen LogP contribution in [0.15, 0.2) is 28.8 Å². The van der Waals surface area contributed by atoms with Gasteiger partial charge in [-0.1, -0.05) is 22.9 Å². The van der Waals surface area contributed by atoms with Crippen molar-refractivity contribution in [2.45, 2.75) is 25.7 Å². The molecule has 1 aliphatic heterocycles. The number of amides is 1. The number of carbonyl (C=O) groups is 1. The average molecular weight is 352 g/mol. The van der Waals surface area contributed by atoms with E-state index in [-0.39, 0.29) is 29.9 Å². The monoisotopic (exact) mass is 352 g/mol. The summed E-state index contributed by atoms with van der Waals surface area (Å²) in [4.78, 5) is 20.0. The molecule has 8 nitrogen and oxygen atoms in total. The third kappa shape index (κ3) is 3.10. The number of rotatable bonds is 3. The topological polar surface area (TPSA) is 110 Å². The standard InChI is InChI=1S/C18H20N6O2/c1-11-2-4-13(5-3-11)18(25)23-8-9-24(14(19)10-23)15(20)16-21-17(26-22-16)12-6-7-12/h2-5,12,19-20H,6-10H2,1H3. The van der Waals surface area contributed by atoms with E-state index in [1.54, 1.807) is 17.0 Å². The van der Waals surface area contributed by atoms with Gasteiger partial charge in [-0.25, -0.2) is 0 Å². The maximum Gasteiger partial charge on any atom is 0.254 e. The van der Waals surface area contributed by atoms with Crippen LogP contribution in [-0.2, 0) is 0 Å². The number of nitrogens with zero attached hydrogens (tertiary/aromatic N) is 4. The number of hydrogen-bond acceptors (Lipinski definition) is 6. The van der Waals surface area contributed by atoms with Crippen molar-refractivity contribution < 1.29 is 9.32 Å². The first-order valence-electron chi connectivity index (χ1n) is 8.66. The average Bonchev–Trinajstić information content (AvgIpc) is 3.38. The highest BCUT2D eigenvalue weighted by Crippen LogP contribution is 2.38. The maximum atomic E-state index is 12.6. The second-order valence-electron chi connectivity index (χ2n) is 6.77. The van der Waals surface area contributed by atoms with E-state index < -0.39 is 0 Å². The molecule has 1 saturated carbocycles. The Morgan fingerprint density at radius 2 is 1.96 bits per heavy atom. The second kappa shape index (κ2) is 6.36. The van der Waals surface area contributed by atoms with E-state index in [9.17, 15) is 4.79 Å². The van der Waals surface area contributed by atoms with Crippen molar-refractivity contribution in [1.29, 1.82) is 10.8 Å². The Bertz CT molecular complexity index is 868. The Labute approximate surface area is 150 Å². The van der Waals surface area contributed by atoms with Gasteiger partial charge in [0.15, 0.2) is 5.84 Å². The molecule has 1 aliphatic carbocycles. The van der Waals surface area contributed by atoms with E-state index in [1.165, 1.54) is 4.90 Å². The molecule has 0 atom stereocenters. The van der Waals surface area contributed by atoms with Crippen LogP contribution in [0.25, 0.3) is 0 Å². The highest BCUT2D eigenvalue weighted by molar-refractivity contribution is 6.07. The van der Waals surface area contributed by atoms with Gasteiger partial charge in [0, 0.05) is 24.6 Å². The first kappa shape index (κ1) is 16.4. The van der Waals surface area contributed by atoms with Gasteiger partial charge in [-0.3, -0.25) is 15.6 Å². The summed E-state index contributed by atoms with van der Waals surface area (Å²) in [5, 5.41) is 20.4. The zero-order valence-corrected chi connectivity index (χ0v) is 14.5. The molecular weight excluding hydrogens is 332 g/mol. The molecule has 0 spiro atoms. The third-order valence-corrected chi connectivity index (χ3v) is 4.70. The SMILES string of the molecule is Cc1ccc(C(=O)N2CCN(C(=N)c3noc(C4CC4)n3)C(=N)C2)cc1. The van der Waals surface area contributed by atoms with Crippen LogP contribution in [0, 0.1) is 17.7 Å². The molecule has 0 unspecified atom stereocenters. The predicted molar refractivity (Wildman–Crippen MR) is 94.6 cm³/mol. The summed E-state index contributed by atoms with van der Waals surface area (Å²) in [5.41, 5.74) is 1.71. The van der Waals surface area contributed by atoms with Crippen molar-refractivity contribution >= 4 is 17.6 Å². The Hall–Kier alpha value is -3.03. The molecule has 2 fully saturated rings. The number of benzene rings is 1. The van der Waals surface area contributed by atoms with Crippen LogP contribution in [0.5, 0.6) is 0 Å². The summed E-state index contributed by atoms with van der Waals surface area (Å²) in [6, 6.07) is 7.40. The van der Waals surface area contributed by atoms with E-state index in [2.05, 4.69) is 10.1 Å². The summed E-state index contributed by atoms with van der Waals surface area (Å²) in [7, 11) is 0. The van der Waals surface area contributed by atoms with E-state index in [1.807, 2.05) is 19.1 Å². The summed E-state index contributed by atoms with van der Waals surface area (Å²) in [6.45, 7) is 2.93. The molecule has 0 bridgehead atoms. The fourth-order valence-electron chi connectivity index (χ4n) is 2.95. The van der Waals surface area contributed by atoms with Gasteiger partial charge in [0.1, 0.15) is 5.84 Å². The van der Waals surface area contributed by atoms with E-state index in [0.29, 0.717) is 30.5 Å². The van der Waals surface area contributed by atoms with Gasteiger partial charge in [0.05, 0.1) is 6.54 Å². The molecule has 1 saturated heterocycles. The molecule has 4 rings (SSSR count). The van der Waals surface area contributed by atoms with Gasteiger partial charge in [0.25, 0.3) is 5.91 Å². The molecule has 0 radical (unpaired) electrons. The van der Waals surface area contributed by atoms with Crippen LogP contribution in [0.3, 0.4) is 0 Å². The van der Waals surface area contributed by atoms with Crippen LogP contribution < -0.4 is 0 Å². The highest BCUT2D eigenvalue weighted by Gasteiger charge is 2.33. The number of piperazine rings is 1. The molecule has 2 aliphatic rings. The van der Waals surface area contributed by atoms with Crippen LogP contribution in [0.4, 0.5) is 0 Å². The number of aromatic nitrogens is 2. The van der Waals surface area contributed by atoms with Gasteiger partial charge in [-0.05, 0) is 31.9 Å². The van der Waals surface area contributed by atoms with Gasteiger partial charge < -0.3 is 14.3 Å². The zero-order valence-electron chi connectivity index (χ0n) is 14.5. The summed E-state index contributed by atoms with van der Waals surface area (Å²) >= 11 is 0. The van der Waals surface area contributed by atoms with E-state index in [0.717, 1.165) is 18.4 Å². The Morgan fingerprint density at radius 1 is 1.23 bits per heavy atom. The maximum absolute atomic E-state index is 12.6. The van der Waals surface area contributed by atoms with Crippen LogP contribution in [0.2, 0.25) is 0 Å². The number of aryl methyl sites for hydroxylation is 1. The van der Waals surface area contributed by atoms with Gasteiger partial charge in [-0.15, -0.1) is 0 Å². The fourth-order valence-corrected chi connectivity index (χ4v) is 2.95. The van der Waals surface area contributed by atoms with Crippen LogP contribution in [-0.4, -0.2) is 57.2 Å². The molecule has 2 aromatic rings. The molecule has 2 heterocycles. The number of hydrogen-bond donors (Lipinski definition) is 2. The lowest BCUT2D eigenvalue weighted by atomic mass is 10.1. The minimum Gasteiger partial charge on any atom is -0.339 e. The quantitative estimate of drug-likeness (QED) is 0.648. The lowest BCUT2D eigenvalue weighted by Gasteiger charge is -2.35. The smallest absolute Gasteiger partial charge is 0.254 e. The Kier molecular flexibility index (Phi) is 4.02. The van der Waals surface area contributed by atoms with Gasteiger partial charge in [0.2, 0.25) is 11.7 Å². The molecule has 1 aromatic carbocycles. The summed E-state index contributed by atoms with van der Waals surface area (Å²) in [6.07, 6.45) is 2.09. The lowest BCUT2D eigenvalue weighted by molar-refractivity contribution is 0.0757. The van der Waals surface area contributed by atoms with Crippen molar-refractivity contribution in [2.24, 2.45) is 0 Å². The Balaban J connectivity index is 1.42. The van der Waals surface area contributed by atoms with Crippen LogP contribution in [0.1, 0.15) is 46.4 Å². The first-order chi connectivity index (χ1) is 12.5. The zero-order chi connectivity index (χ0) is 18.3. The van der Waals surface area contributed by atoms with Crippen molar-refractivity contribution in [2.75, 3.05) is 19.6 Å². The molecule has 8 heteroatoms. The molecule has 1 amide bonds. The molecule has 2 N–H and O–H groups in total. The van der Waals surface area contributed by atoms with Crippen molar-refractivity contribution in [3.05, 3.63) is 47.1 Å². The Morgan fingerprint density at radius 3 is 2.62 bits per heavy atom. The second-order valence-corrected chi connectivity index (χ2v) is 6.77. The highest BCUT2D eigenvalue weighted by atomic mass is 16.5. The number of carbonyl (C=O) groups excluding carboxylic acids is 1. The van der Waals surface area contributed by atoms with E-state index in [4.69, 9.17) is 15.3 Å². The number of nitrogens with one attached hydrogen (secondary N) is 2. The van der Waals surface area contributed by atoms with Crippen molar-refractivity contribution in [3.8, 4) is 0 Å². The molecule has 134 valence electrons. The summed E-state index contributed by atoms with van der Waals surface area (Å²) < 4.78 is 5.20. The third-order valence-electron chi connectivity index (χ3n) is 4.70. The normalized spacial score (nSPS) is 17.5. The molecular formula is C18H20N6O2.